The van der Waals surface area contributed by atoms with Crippen LogP contribution in [0.4, 0.5) is 0 Å². The second kappa shape index (κ2) is 5.98. The van der Waals surface area contributed by atoms with Gasteiger partial charge in [-0.05, 0) is 55.3 Å². The van der Waals surface area contributed by atoms with Crippen molar-refractivity contribution in [2.24, 2.45) is 0 Å². The zero-order chi connectivity index (χ0) is 13.9. The van der Waals surface area contributed by atoms with Crippen LogP contribution < -0.4 is 4.74 Å². The van der Waals surface area contributed by atoms with Gasteiger partial charge >= 0.3 is 0 Å². The molecule has 0 saturated carbocycles. The van der Waals surface area contributed by atoms with E-state index in [1.807, 2.05) is 29.6 Å². The summed E-state index contributed by atoms with van der Waals surface area (Å²) in [6.45, 7) is 4.96. The number of rotatable bonds is 5. The molecule has 0 N–H and O–H groups in total. The summed E-state index contributed by atoms with van der Waals surface area (Å²) in [5, 5.41) is 0. The van der Waals surface area contributed by atoms with Crippen LogP contribution >= 0.6 is 22.7 Å². The highest BCUT2D eigenvalue weighted by Crippen LogP contribution is 2.38. The van der Waals surface area contributed by atoms with E-state index in [1.165, 1.54) is 37.6 Å². The molecule has 1 nitrogen and oxygen atoms in total. The van der Waals surface area contributed by atoms with Gasteiger partial charge < -0.3 is 4.74 Å². The Balaban J connectivity index is 1.87. The van der Waals surface area contributed by atoms with Gasteiger partial charge in [-0.3, -0.25) is 0 Å². The molecule has 3 aromatic rings. The van der Waals surface area contributed by atoms with E-state index < -0.39 is 0 Å². The van der Waals surface area contributed by atoms with Crippen LogP contribution in [0.3, 0.4) is 0 Å². The molecule has 20 heavy (non-hydrogen) atoms. The number of benzene rings is 1. The lowest BCUT2D eigenvalue weighted by molar-refractivity contribution is 0.340. The average molecular weight is 302 g/mol. The van der Waals surface area contributed by atoms with Crippen molar-refractivity contribution in [2.45, 2.75) is 26.7 Å². The summed E-state index contributed by atoms with van der Waals surface area (Å²) in [7, 11) is 0. The second-order valence-electron chi connectivity index (χ2n) is 4.76. The topological polar surface area (TPSA) is 9.23 Å². The molecule has 0 fully saturated rings. The molecule has 0 bridgehead atoms. The van der Waals surface area contributed by atoms with Crippen LogP contribution in [0.2, 0.25) is 0 Å². The Hall–Kier alpha value is -1.32. The zero-order valence-corrected chi connectivity index (χ0v) is 13.4. The minimum Gasteiger partial charge on any atom is -0.494 e. The van der Waals surface area contributed by atoms with Crippen LogP contribution in [-0.2, 0) is 6.42 Å². The van der Waals surface area contributed by atoms with E-state index in [0.717, 1.165) is 5.75 Å². The quantitative estimate of drug-likeness (QED) is 0.563. The summed E-state index contributed by atoms with van der Waals surface area (Å²) < 4.78 is 8.33. The van der Waals surface area contributed by atoms with Gasteiger partial charge in [0.15, 0.2) is 0 Å². The Kier molecular flexibility index (Phi) is 4.08. The normalized spacial score (nSPS) is 11.1. The molecule has 0 aliphatic heterocycles. The predicted molar refractivity (Wildman–Crippen MR) is 90.3 cm³/mol. The summed E-state index contributed by atoms with van der Waals surface area (Å²) in [5.74, 6) is 0.944. The van der Waals surface area contributed by atoms with Crippen LogP contribution in [0.25, 0.3) is 19.8 Å². The Morgan fingerprint density at radius 3 is 2.35 bits per heavy atom. The average Bonchev–Trinajstić information content (AvgIpc) is 2.98. The highest BCUT2D eigenvalue weighted by atomic mass is 32.1. The van der Waals surface area contributed by atoms with Gasteiger partial charge in [0.1, 0.15) is 5.75 Å². The SMILES string of the molecule is CCCc1cc2sc(-c3ccc(OCC)cc3)cc2s1. The highest BCUT2D eigenvalue weighted by Gasteiger charge is 2.08. The maximum absolute atomic E-state index is 5.49. The molecule has 0 atom stereocenters. The van der Waals surface area contributed by atoms with Crippen molar-refractivity contribution < 1.29 is 4.74 Å². The van der Waals surface area contributed by atoms with Crippen LogP contribution in [0, 0.1) is 0 Å². The first-order valence-electron chi connectivity index (χ1n) is 7.05. The van der Waals surface area contributed by atoms with E-state index in [9.17, 15) is 0 Å². The van der Waals surface area contributed by atoms with E-state index in [-0.39, 0.29) is 0 Å². The molecule has 0 unspecified atom stereocenters. The number of hydrogen-bond donors (Lipinski definition) is 0. The first kappa shape index (κ1) is 13.7. The molecule has 3 heteroatoms. The number of fused-ring (bicyclic) bond motifs is 1. The molecule has 0 radical (unpaired) electrons. The minimum atomic E-state index is 0.717. The monoisotopic (exact) mass is 302 g/mol. The third kappa shape index (κ3) is 2.74. The number of hydrogen-bond acceptors (Lipinski definition) is 3. The smallest absolute Gasteiger partial charge is 0.119 e. The van der Waals surface area contributed by atoms with Gasteiger partial charge in [-0.15, -0.1) is 22.7 Å². The van der Waals surface area contributed by atoms with Gasteiger partial charge in [-0.25, -0.2) is 0 Å². The maximum atomic E-state index is 5.49. The predicted octanol–water partition coefficient (Wildman–Crippen LogP) is 5.98. The van der Waals surface area contributed by atoms with Crippen molar-refractivity contribution in [2.75, 3.05) is 6.61 Å². The molecular weight excluding hydrogens is 284 g/mol. The molecule has 0 amide bonds. The Bertz CT molecular complexity index is 660. The third-order valence-corrected chi connectivity index (χ3v) is 5.61. The van der Waals surface area contributed by atoms with E-state index in [0.29, 0.717) is 6.61 Å². The van der Waals surface area contributed by atoms with Crippen molar-refractivity contribution in [3.05, 3.63) is 41.3 Å². The number of ether oxygens (including phenoxy) is 1. The minimum absolute atomic E-state index is 0.717. The lowest BCUT2D eigenvalue weighted by Gasteiger charge is -2.03. The summed E-state index contributed by atoms with van der Waals surface area (Å²) >= 11 is 3.82. The summed E-state index contributed by atoms with van der Waals surface area (Å²) in [5.41, 5.74) is 1.28. The lowest BCUT2D eigenvalue weighted by atomic mass is 10.2. The summed E-state index contributed by atoms with van der Waals surface area (Å²) in [6.07, 6.45) is 2.42. The van der Waals surface area contributed by atoms with Crippen LogP contribution in [0.5, 0.6) is 5.75 Å². The van der Waals surface area contributed by atoms with Gasteiger partial charge in [-0.2, -0.15) is 0 Å². The van der Waals surface area contributed by atoms with Gasteiger partial charge in [-0.1, -0.05) is 13.3 Å². The molecular formula is C17H18OS2. The molecule has 2 aromatic heterocycles. The molecule has 104 valence electrons. The molecule has 2 heterocycles. The fourth-order valence-electron chi connectivity index (χ4n) is 2.28. The van der Waals surface area contributed by atoms with Crippen LogP contribution in [0.1, 0.15) is 25.1 Å². The van der Waals surface area contributed by atoms with Crippen molar-refractivity contribution in [1.29, 1.82) is 0 Å². The van der Waals surface area contributed by atoms with Gasteiger partial charge in [0.2, 0.25) is 0 Å². The molecule has 3 rings (SSSR count). The Labute approximate surface area is 127 Å². The van der Waals surface area contributed by atoms with E-state index in [1.54, 1.807) is 0 Å². The molecule has 0 aliphatic rings. The summed E-state index contributed by atoms with van der Waals surface area (Å²) in [4.78, 5) is 2.85. The van der Waals surface area contributed by atoms with Crippen molar-refractivity contribution in [1.82, 2.24) is 0 Å². The lowest BCUT2D eigenvalue weighted by Crippen LogP contribution is -1.90. The highest BCUT2D eigenvalue weighted by molar-refractivity contribution is 7.29. The van der Waals surface area contributed by atoms with Gasteiger partial charge in [0.05, 0.1) is 6.61 Å². The van der Waals surface area contributed by atoms with E-state index in [4.69, 9.17) is 4.74 Å². The fourth-order valence-corrected chi connectivity index (χ4v) is 4.81. The van der Waals surface area contributed by atoms with E-state index >= 15 is 0 Å². The standard InChI is InChI=1S/C17H18OS2/c1-3-5-14-10-16-17(19-14)11-15(20-16)12-6-8-13(9-7-12)18-4-2/h6-11H,3-5H2,1-2H3. The first-order chi connectivity index (χ1) is 9.80. The van der Waals surface area contributed by atoms with Crippen LogP contribution in [-0.4, -0.2) is 6.61 Å². The number of aryl methyl sites for hydroxylation is 1. The van der Waals surface area contributed by atoms with Gasteiger partial charge in [0.25, 0.3) is 0 Å². The Morgan fingerprint density at radius 1 is 0.950 bits per heavy atom. The van der Waals surface area contributed by atoms with E-state index in [2.05, 4.69) is 43.3 Å². The molecule has 0 aliphatic carbocycles. The number of thiophene rings is 2. The largest absolute Gasteiger partial charge is 0.494 e. The van der Waals surface area contributed by atoms with Crippen LogP contribution in [0.15, 0.2) is 36.4 Å². The van der Waals surface area contributed by atoms with Gasteiger partial charge in [0, 0.05) is 19.2 Å². The van der Waals surface area contributed by atoms with Crippen molar-refractivity contribution in [3.8, 4) is 16.2 Å². The molecule has 1 aromatic carbocycles. The molecule has 0 spiro atoms. The Morgan fingerprint density at radius 2 is 1.70 bits per heavy atom. The summed E-state index contributed by atoms with van der Waals surface area (Å²) in [6, 6.07) is 13.1. The molecule has 0 saturated heterocycles. The van der Waals surface area contributed by atoms with Crippen molar-refractivity contribution >= 4 is 32.1 Å². The third-order valence-electron chi connectivity index (χ3n) is 3.20. The first-order valence-corrected chi connectivity index (χ1v) is 8.69. The fraction of sp³-hybridized carbons (Fsp3) is 0.294. The zero-order valence-electron chi connectivity index (χ0n) is 11.8. The maximum Gasteiger partial charge on any atom is 0.119 e. The second-order valence-corrected chi connectivity index (χ2v) is 7.01. The van der Waals surface area contributed by atoms with Crippen molar-refractivity contribution in [3.63, 3.8) is 0 Å².